The standard InChI is InChI=1S/C13H17N4O2/c1-2-7-17-12(18)9-11(16-13(17)19)15-10(14-9)8-5-3-4-6-8/h8H,2-7H2,1H3,(H,14,15). The first-order valence-electron chi connectivity index (χ1n) is 6.88. The SMILES string of the molecule is CCCn1c([O])nc2nc(C3CCCC3)[nH]c2c1=O. The van der Waals surface area contributed by atoms with Crippen LogP contribution in [0.3, 0.4) is 0 Å². The summed E-state index contributed by atoms with van der Waals surface area (Å²) in [7, 11) is 0. The number of fused-ring (bicyclic) bond motifs is 1. The number of H-pyrrole nitrogens is 1. The smallest absolute Gasteiger partial charge is 0.336 e. The number of nitrogens with one attached hydrogen (secondary N) is 1. The van der Waals surface area contributed by atoms with E-state index in [4.69, 9.17) is 0 Å². The first kappa shape index (κ1) is 12.2. The van der Waals surface area contributed by atoms with E-state index in [9.17, 15) is 9.90 Å². The number of aromatic nitrogens is 4. The second-order valence-corrected chi connectivity index (χ2v) is 5.15. The van der Waals surface area contributed by atoms with Crippen LogP contribution in [0.4, 0.5) is 0 Å². The van der Waals surface area contributed by atoms with Gasteiger partial charge in [0.1, 0.15) is 5.82 Å². The van der Waals surface area contributed by atoms with Crippen LogP contribution < -0.4 is 5.56 Å². The molecule has 0 aromatic carbocycles. The maximum absolute atomic E-state index is 12.2. The van der Waals surface area contributed by atoms with Gasteiger partial charge < -0.3 is 4.98 Å². The quantitative estimate of drug-likeness (QED) is 0.920. The highest BCUT2D eigenvalue weighted by Crippen LogP contribution is 2.32. The molecule has 1 N–H and O–H groups in total. The zero-order chi connectivity index (χ0) is 13.4. The topological polar surface area (TPSA) is 83.5 Å². The third-order valence-electron chi connectivity index (χ3n) is 3.78. The van der Waals surface area contributed by atoms with Crippen molar-refractivity contribution in [3.8, 4) is 6.01 Å². The number of rotatable bonds is 3. The first-order valence-corrected chi connectivity index (χ1v) is 6.88. The molecular formula is C13H17N4O2. The zero-order valence-corrected chi connectivity index (χ0v) is 11.0. The highest BCUT2D eigenvalue weighted by Gasteiger charge is 2.22. The zero-order valence-electron chi connectivity index (χ0n) is 11.0. The van der Waals surface area contributed by atoms with Crippen LogP contribution in [-0.2, 0) is 11.7 Å². The third-order valence-corrected chi connectivity index (χ3v) is 3.78. The van der Waals surface area contributed by atoms with Crippen LogP contribution >= 0.6 is 0 Å². The molecule has 1 aliphatic rings. The number of imidazole rings is 1. The fraction of sp³-hybridized carbons (Fsp3) is 0.615. The van der Waals surface area contributed by atoms with Crippen molar-refractivity contribution in [1.29, 1.82) is 0 Å². The molecule has 0 saturated heterocycles. The Balaban J connectivity index is 2.12. The molecule has 0 amide bonds. The monoisotopic (exact) mass is 261 g/mol. The summed E-state index contributed by atoms with van der Waals surface area (Å²) in [5.41, 5.74) is 0.341. The molecule has 6 heteroatoms. The molecule has 19 heavy (non-hydrogen) atoms. The van der Waals surface area contributed by atoms with E-state index >= 15 is 0 Å². The molecule has 1 saturated carbocycles. The van der Waals surface area contributed by atoms with Crippen molar-refractivity contribution < 1.29 is 5.11 Å². The molecule has 1 fully saturated rings. The Morgan fingerprint density at radius 2 is 2.05 bits per heavy atom. The Hall–Kier alpha value is -1.85. The molecule has 0 atom stereocenters. The first-order chi connectivity index (χ1) is 9.20. The van der Waals surface area contributed by atoms with Gasteiger partial charge >= 0.3 is 6.01 Å². The van der Waals surface area contributed by atoms with E-state index in [0.717, 1.165) is 25.1 Å². The summed E-state index contributed by atoms with van der Waals surface area (Å²) in [6.45, 7) is 2.32. The van der Waals surface area contributed by atoms with E-state index in [0.29, 0.717) is 18.0 Å². The van der Waals surface area contributed by atoms with Gasteiger partial charge in [-0.25, -0.2) is 10.1 Å². The Morgan fingerprint density at radius 3 is 2.74 bits per heavy atom. The summed E-state index contributed by atoms with van der Waals surface area (Å²) >= 11 is 0. The molecule has 101 valence electrons. The lowest BCUT2D eigenvalue weighted by atomic mass is 10.1. The van der Waals surface area contributed by atoms with Gasteiger partial charge in [0.25, 0.3) is 5.56 Å². The lowest BCUT2D eigenvalue weighted by Crippen LogP contribution is -2.21. The molecule has 0 bridgehead atoms. The molecular weight excluding hydrogens is 244 g/mol. The molecule has 2 heterocycles. The van der Waals surface area contributed by atoms with Crippen LogP contribution in [0.25, 0.3) is 11.2 Å². The van der Waals surface area contributed by atoms with Crippen LogP contribution in [0, 0.1) is 0 Å². The molecule has 2 aromatic heterocycles. The summed E-state index contributed by atoms with van der Waals surface area (Å²) in [6, 6.07) is -0.496. The number of hydrogen-bond donors (Lipinski definition) is 1. The van der Waals surface area contributed by atoms with Crippen molar-refractivity contribution in [2.45, 2.75) is 51.5 Å². The van der Waals surface area contributed by atoms with Crippen molar-refractivity contribution in [2.75, 3.05) is 0 Å². The average molecular weight is 261 g/mol. The highest BCUT2D eigenvalue weighted by atomic mass is 16.3. The van der Waals surface area contributed by atoms with Crippen LogP contribution in [0.15, 0.2) is 4.79 Å². The van der Waals surface area contributed by atoms with E-state index in [-0.39, 0.29) is 11.2 Å². The fourth-order valence-electron chi connectivity index (χ4n) is 2.80. The largest absolute Gasteiger partial charge is 0.352 e. The average Bonchev–Trinajstić information content (AvgIpc) is 3.02. The number of hydrogen-bond acceptors (Lipinski definition) is 3. The normalized spacial score (nSPS) is 16.5. The van der Waals surface area contributed by atoms with Crippen molar-refractivity contribution in [3.05, 3.63) is 16.2 Å². The summed E-state index contributed by atoms with van der Waals surface area (Å²) in [4.78, 5) is 23.6. The minimum Gasteiger partial charge on any atom is -0.336 e. The summed E-state index contributed by atoms with van der Waals surface area (Å²) in [6.07, 6.45) is 5.30. The maximum Gasteiger partial charge on any atom is 0.352 e. The predicted molar refractivity (Wildman–Crippen MR) is 69.8 cm³/mol. The molecule has 6 nitrogen and oxygen atoms in total. The van der Waals surface area contributed by atoms with Gasteiger partial charge in [-0.15, -0.1) is 0 Å². The van der Waals surface area contributed by atoms with Crippen LogP contribution in [0.1, 0.15) is 50.8 Å². The lowest BCUT2D eigenvalue weighted by molar-refractivity contribution is 0.290. The van der Waals surface area contributed by atoms with Crippen molar-refractivity contribution >= 4 is 11.2 Å². The molecule has 2 aromatic rings. The number of nitrogens with zero attached hydrogens (tertiary/aromatic N) is 3. The van der Waals surface area contributed by atoms with Gasteiger partial charge in [-0.2, -0.15) is 4.98 Å². The second-order valence-electron chi connectivity index (χ2n) is 5.15. The van der Waals surface area contributed by atoms with Crippen LogP contribution in [0.5, 0.6) is 6.01 Å². The minimum atomic E-state index is -0.496. The van der Waals surface area contributed by atoms with Gasteiger partial charge in [-0.3, -0.25) is 9.36 Å². The number of aromatic amines is 1. The van der Waals surface area contributed by atoms with Crippen LogP contribution in [0.2, 0.25) is 0 Å². The van der Waals surface area contributed by atoms with E-state index in [1.807, 2.05) is 6.92 Å². The van der Waals surface area contributed by atoms with Gasteiger partial charge in [0.2, 0.25) is 0 Å². The van der Waals surface area contributed by atoms with E-state index in [1.165, 1.54) is 17.4 Å². The molecule has 0 unspecified atom stereocenters. The Kier molecular flexibility index (Phi) is 3.00. The van der Waals surface area contributed by atoms with Gasteiger partial charge in [-0.05, 0) is 19.3 Å². The van der Waals surface area contributed by atoms with E-state index < -0.39 is 6.01 Å². The van der Waals surface area contributed by atoms with Crippen molar-refractivity contribution in [1.82, 2.24) is 19.5 Å². The van der Waals surface area contributed by atoms with Gasteiger partial charge in [-0.1, -0.05) is 19.8 Å². The molecule has 3 rings (SSSR count). The van der Waals surface area contributed by atoms with Gasteiger partial charge in [0.05, 0.1) is 0 Å². The minimum absolute atomic E-state index is 0.268. The fourth-order valence-corrected chi connectivity index (χ4v) is 2.80. The Morgan fingerprint density at radius 1 is 1.32 bits per heavy atom. The van der Waals surface area contributed by atoms with E-state index in [2.05, 4.69) is 15.0 Å². The van der Waals surface area contributed by atoms with Crippen LogP contribution in [-0.4, -0.2) is 19.5 Å². The highest BCUT2D eigenvalue weighted by molar-refractivity contribution is 5.69. The molecule has 1 aliphatic carbocycles. The second kappa shape index (κ2) is 4.68. The van der Waals surface area contributed by atoms with Crippen molar-refractivity contribution in [3.63, 3.8) is 0 Å². The molecule has 0 aliphatic heterocycles. The predicted octanol–water partition coefficient (Wildman–Crippen LogP) is 2.33. The summed E-state index contributed by atoms with van der Waals surface area (Å²) in [5, 5.41) is 11.8. The summed E-state index contributed by atoms with van der Waals surface area (Å²) in [5.74, 6) is 1.19. The Bertz CT molecular complexity index is 652. The van der Waals surface area contributed by atoms with Crippen molar-refractivity contribution in [2.24, 2.45) is 0 Å². The Labute approximate surface area is 110 Å². The van der Waals surface area contributed by atoms with E-state index in [1.54, 1.807) is 0 Å². The van der Waals surface area contributed by atoms with Gasteiger partial charge in [0.15, 0.2) is 11.2 Å². The third kappa shape index (κ3) is 2.01. The molecule has 1 radical (unpaired) electrons. The van der Waals surface area contributed by atoms with Gasteiger partial charge in [0, 0.05) is 12.5 Å². The molecule has 0 spiro atoms. The lowest BCUT2D eigenvalue weighted by Gasteiger charge is -2.02. The summed E-state index contributed by atoms with van der Waals surface area (Å²) < 4.78 is 1.18. The maximum atomic E-state index is 12.2.